The number of fused-ring (bicyclic) bond motifs is 1. The Morgan fingerprint density at radius 3 is 3.00 bits per heavy atom. The van der Waals surface area contributed by atoms with Gasteiger partial charge in [0, 0.05) is 4.88 Å². The molecule has 0 aliphatic rings. The van der Waals surface area contributed by atoms with E-state index in [2.05, 4.69) is 15.1 Å². The number of aromatic amines is 1. The molecule has 3 heterocycles. The first-order valence-electron chi connectivity index (χ1n) is 7.03. The molecule has 0 fully saturated rings. The molecule has 1 N–H and O–H groups in total. The SMILES string of the molecule is COc1cccc(F)c1-c1nc2c(cnn2Cc2cccs2)[nH]1. The maximum absolute atomic E-state index is 14.2. The van der Waals surface area contributed by atoms with E-state index >= 15 is 0 Å². The topological polar surface area (TPSA) is 55.7 Å². The number of halogens is 1. The van der Waals surface area contributed by atoms with Crippen molar-refractivity contribution in [2.45, 2.75) is 6.54 Å². The van der Waals surface area contributed by atoms with Gasteiger partial charge in [0.15, 0.2) is 5.65 Å². The third-order valence-electron chi connectivity index (χ3n) is 3.60. The third-order valence-corrected chi connectivity index (χ3v) is 4.46. The van der Waals surface area contributed by atoms with Gasteiger partial charge in [-0.15, -0.1) is 11.3 Å². The molecular formula is C16H13FN4OS. The standard InChI is InChI=1S/C16H13FN4OS/c1-22-13-6-2-5-11(17)14(13)15-19-12-8-18-21(16(12)20-15)9-10-4-3-7-23-10/h2-8H,9H2,1H3,(H,19,20). The van der Waals surface area contributed by atoms with Gasteiger partial charge in [0.2, 0.25) is 0 Å². The summed E-state index contributed by atoms with van der Waals surface area (Å²) in [5, 5.41) is 6.36. The van der Waals surface area contributed by atoms with E-state index in [-0.39, 0.29) is 5.82 Å². The molecule has 4 aromatic rings. The van der Waals surface area contributed by atoms with Crippen LogP contribution in [0.3, 0.4) is 0 Å². The number of ether oxygens (including phenoxy) is 1. The molecule has 0 saturated carbocycles. The molecule has 5 nitrogen and oxygen atoms in total. The van der Waals surface area contributed by atoms with Crippen molar-refractivity contribution in [2.24, 2.45) is 0 Å². The van der Waals surface area contributed by atoms with E-state index in [9.17, 15) is 4.39 Å². The van der Waals surface area contributed by atoms with E-state index in [0.29, 0.717) is 29.3 Å². The molecule has 0 amide bonds. The second-order valence-corrected chi connectivity index (χ2v) is 6.05. The van der Waals surface area contributed by atoms with Gasteiger partial charge in [-0.2, -0.15) is 5.10 Å². The predicted molar refractivity (Wildman–Crippen MR) is 87.2 cm³/mol. The molecule has 116 valence electrons. The summed E-state index contributed by atoms with van der Waals surface area (Å²) in [5.41, 5.74) is 1.79. The monoisotopic (exact) mass is 328 g/mol. The lowest BCUT2D eigenvalue weighted by atomic mass is 10.2. The van der Waals surface area contributed by atoms with Crippen LogP contribution >= 0.6 is 11.3 Å². The Morgan fingerprint density at radius 2 is 2.22 bits per heavy atom. The molecule has 3 aromatic heterocycles. The molecule has 0 aliphatic heterocycles. The molecule has 0 spiro atoms. The lowest BCUT2D eigenvalue weighted by Crippen LogP contribution is -2.00. The van der Waals surface area contributed by atoms with Gasteiger partial charge < -0.3 is 9.72 Å². The number of rotatable bonds is 4. The highest BCUT2D eigenvalue weighted by Gasteiger charge is 2.17. The van der Waals surface area contributed by atoms with Gasteiger partial charge in [0.1, 0.15) is 22.9 Å². The van der Waals surface area contributed by atoms with Gasteiger partial charge in [-0.3, -0.25) is 0 Å². The van der Waals surface area contributed by atoms with Crippen LogP contribution in [0.5, 0.6) is 5.75 Å². The highest BCUT2D eigenvalue weighted by Crippen LogP contribution is 2.31. The van der Waals surface area contributed by atoms with Crippen molar-refractivity contribution in [1.82, 2.24) is 19.7 Å². The van der Waals surface area contributed by atoms with Crippen LogP contribution < -0.4 is 4.74 Å². The van der Waals surface area contributed by atoms with E-state index in [1.54, 1.807) is 34.3 Å². The number of thiophene rings is 1. The molecule has 0 radical (unpaired) electrons. The molecule has 0 unspecified atom stereocenters. The smallest absolute Gasteiger partial charge is 0.177 e. The van der Waals surface area contributed by atoms with Gasteiger partial charge in [-0.25, -0.2) is 14.1 Å². The summed E-state index contributed by atoms with van der Waals surface area (Å²) in [6.45, 7) is 0.639. The Bertz CT molecular complexity index is 958. The number of nitrogens with zero attached hydrogens (tertiary/aromatic N) is 3. The molecular weight excluding hydrogens is 315 g/mol. The molecule has 1 aromatic carbocycles. The zero-order chi connectivity index (χ0) is 15.8. The van der Waals surface area contributed by atoms with Gasteiger partial charge in [-0.1, -0.05) is 12.1 Å². The van der Waals surface area contributed by atoms with Crippen molar-refractivity contribution in [3.8, 4) is 17.1 Å². The molecule has 7 heteroatoms. The number of nitrogens with one attached hydrogen (secondary N) is 1. The van der Waals surface area contributed by atoms with E-state index < -0.39 is 0 Å². The lowest BCUT2D eigenvalue weighted by molar-refractivity contribution is 0.413. The summed E-state index contributed by atoms with van der Waals surface area (Å²) >= 11 is 1.66. The zero-order valence-electron chi connectivity index (χ0n) is 12.3. The van der Waals surface area contributed by atoms with Crippen LogP contribution in [0, 0.1) is 5.82 Å². The van der Waals surface area contributed by atoms with Crippen LogP contribution in [0.15, 0.2) is 41.9 Å². The van der Waals surface area contributed by atoms with Crippen molar-refractivity contribution in [3.63, 3.8) is 0 Å². The predicted octanol–water partition coefficient (Wildman–Crippen LogP) is 3.68. The molecule has 4 rings (SSSR count). The quantitative estimate of drug-likeness (QED) is 0.622. The number of methoxy groups -OCH3 is 1. The Hall–Kier alpha value is -2.67. The van der Waals surface area contributed by atoms with E-state index in [1.165, 1.54) is 18.1 Å². The van der Waals surface area contributed by atoms with Crippen molar-refractivity contribution in [1.29, 1.82) is 0 Å². The average Bonchev–Trinajstić information content (AvgIpc) is 3.26. The summed E-state index contributed by atoms with van der Waals surface area (Å²) < 4.78 is 21.3. The number of H-pyrrole nitrogens is 1. The molecule has 0 saturated heterocycles. The second kappa shape index (κ2) is 5.51. The van der Waals surface area contributed by atoms with Crippen molar-refractivity contribution < 1.29 is 9.13 Å². The molecule has 0 atom stereocenters. The van der Waals surface area contributed by atoms with Crippen molar-refractivity contribution in [2.75, 3.05) is 7.11 Å². The average molecular weight is 328 g/mol. The Morgan fingerprint density at radius 1 is 1.30 bits per heavy atom. The molecule has 23 heavy (non-hydrogen) atoms. The first-order chi connectivity index (χ1) is 11.3. The van der Waals surface area contributed by atoms with E-state index in [1.807, 2.05) is 17.5 Å². The summed E-state index contributed by atoms with van der Waals surface area (Å²) in [7, 11) is 1.51. The zero-order valence-corrected chi connectivity index (χ0v) is 13.1. The van der Waals surface area contributed by atoms with Crippen molar-refractivity contribution >= 4 is 22.5 Å². The highest BCUT2D eigenvalue weighted by atomic mass is 32.1. The normalized spacial score (nSPS) is 11.2. The van der Waals surface area contributed by atoms with Crippen LogP contribution in [-0.2, 0) is 6.54 Å². The maximum Gasteiger partial charge on any atom is 0.177 e. The number of imidazole rings is 1. The van der Waals surface area contributed by atoms with Crippen LogP contribution in [0.1, 0.15) is 4.88 Å². The van der Waals surface area contributed by atoms with Gasteiger partial charge in [-0.05, 0) is 23.6 Å². The minimum atomic E-state index is -0.376. The molecule has 0 bridgehead atoms. The summed E-state index contributed by atoms with van der Waals surface area (Å²) in [6, 6.07) is 8.76. The fraction of sp³-hybridized carbons (Fsp3) is 0.125. The Labute approximate surface area is 135 Å². The largest absolute Gasteiger partial charge is 0.496 e. The van der Waals surface area contributed by atoms with Crippen LogP contribution in [0.4, 0.5) is 4.39 Å². The fourth-order valence-corrected chi connectivity index (χ4v) is 3.22. The number of aromatic nitrogens is 4. The fourth-order valence-electron chi connectivity index (χ4n) is 2.53. The van der Waals surface area contributed by atoms with Crippen LogP contribution in [-0.4, -0.2) is 26.9 Å². The van der Waals surface area contributed by atoms with E-state index in [0.717, 1.165) is 5.52 Å². The number of benzene rings is 1. The summed E-state index contributed by atoms with van der Waals surface area (Å²) in [6.07, 6.45) is 1.70. The lowest BCUT2D eigenvalue weighted by Gasteiger charge is -2.06. The van der Waals surface area contributed by atoms with Crippen LogP contribution in [0.2, 0.25) is 0 Å². The summed E-state index contributed by atoms with van der Waals surface area (Å²) in [5.74, 6) is 0.505. The number of hydrogen-bond acceptors (Lipinski definition) is 4. The Kier molecular flexibility index (Phi) is 3.34. The first kappa shape index (κ1) is 14.0. The van der Waals surface area contributed by atoms with Gasteiger partial charge >= 0.3 is 0 Å². The summed E-state index contributed by atoms with van der Waals surface area (Å²) in [4.78, 5) is 8.82. The third kappa shape index (κ3) is 2.39. The minimum Gasteiger partial charge on any atom is -0.496 e. The van der Waals surface area contributed by atoms with E-state index in [4.69, 9.17) is 4.74 Å². The van der Waals surface area contributed by atoms with Crippen molar-refractivity contribution in [3.05, 3.63) is 52.6 Å². The highest BCUT2D eigenvalue weighted by molar-refractivity contribution is 7.09. The maximum atomic E-state index is 14.2. The molecule has 0 aliphatic carbocycles. The van der Waals surface area contributed by atoms with Gasteiger partial charge in [0.05, 0.1) is 25.4 Å². The van der Waals surface area contributed by atoms with Crippen LogP contribution in [0.25, 0.3) is 22.6 Å². The first-order valence-corrected chi connectivity index (χ1v) is 7.91. The Balaban J connectivity index is 1.80. The minimum absolute atomic E-state index is 0.328. The van der Waals surface area contributed by atoms with Gasteiger partial charge in [0.25, 0.3) is 0 Å². The second-order valence-electron chi connectivity index (χ2n) is 5.02. The number of hydrogen-bond donors (Lipinski definition) is 1.